The standard InChI is InChI=1S/C29H26N4O/c30-23-14-15-24-22(19-23)13-17-25-28(24)31-26(16-11-20-7-3-1-4-8-20)29(32-25)33-27(34)18-12-21-9-5-2-6-10-21/h1-11,14-16,19H,12-13,17-18,30H2,(H,32,33,34). The van der Waals surface area contributed by atoms with Crippen LogP contribution in [0, 0.1) is 0 Å². The minimum absolute atomic E-state index is 0.0727. The Morgan fingerprint density at radius 1 is 0.912 bits per heavy atom. The molecule has 3 N–H and O–H groups in total. The minimum Gasteiger partial charge on any atom is -0.399 e. The maximum absolute atomic E-state index is 12.8. The summed E-state index contributed by atoms with van der Waals surface area (Å²) in [6, 6.07) is 26.0. The highest BCUT2D eigenvalue weighted by Gasteiger charge is 2.22. The van der Waals surface area contributed by atoms with Crippen LogP contribution in [-0.4, -0.2) is 15.9 Å². The van der Waals surface area contributed by atoms with Gasteiger partial charge < -0.3 is 11.1 Å². The molecule has 0 atom stereocenters. The van der Waals surface area contributed by atoms with Crippen LogP contribution in [0.2, 0.25) is 0 Å². The Bertz CT molecular complexity index is 1350. The molecule has 0 saturated carbocycles. The third-order valence-corrected chi connectivity index (χ3v) is 5.99. The van der Waals surface area contributed by atoms with Crippen LogP contribution in [0.25, 0.3) is 23.4 Å². The monoisotopic (exact) mass is 446 g/mol. The van der Waals surface area contributed by atoms with Crippen molar-refractivity contribution in [3.63, 3.8) is 0 Å². The first kappa shape index (κ1) is 21.6. The Morgan fingerprint density at radius 3 is 2.47 bits per heavy atom. The number of nitrogens with two attached hydrogens (primary N) is 1. The normalized spacial score (nSPS) is 12.2. The topological polar surface area (TPSA) is 80.9 Å². The number of aromatic nitrogens is 2. The Balaban J connectivity index is 1.46. The van der Waals surface area contributed by atoms with Gasteiger partial charge in [-0.05, 0) is 54.2 Å². The van der Waals surface area contributed by atoms with Crippen LogP contribution in [0.5, 0.6) is 0 Å². The first-order chi connectivity index (χ1) is 16.7. The summed E-state index contributed by atoms with van der Waals surface area (Å²) in [5.41, 5.74) is 13.6. The number of rotatable bonds is 6. The third-order valence-electron chi connectivity index (χ3n) is 5.99. The van der Waals surface area contributed by atoms with Crippen molar-refractivity contribution in [2.75, 3.05) is 11.1 Å². The van der Waals surface area contributed by atoms with Gasteiger partial charge in [0.25, 0.3) is 0 Å². The molecule has 0 aliphatic heterocycles. The molecule has 1 aromatic heterocycles. The lowest BCUT2D eigenvalue weighted by atomic mass is 9.91. The summed E-state index contributed by atoms with van der Waals surface area (Å²) in [7, 11) is 0. The predicted octanol–water partition coefficient (Wildman–Crippen LogP) is 5.57. The predicted molar refractivity (Wildman–Crippen MR) is 138 cm³/mol. The van der Waals surface area contributed by atoms with Crippen LogP contribution < -0.4 is 11.1 Å². The van der Waals surface area contributed by atoms with Crippen molar-refractivity contribution in [2.24, 2.45) is 0 Å². The zero-order valence-corrected chi connectivity index (χ0v) is 18.9. The Labute approximate surface area is 199 Å². The number of carbonyl (C=O) groups is 1. The van der Waals surface area contributed by atoms with Crippen LogP contribution >= 0.6 is 0 Å². The maximum Gasteiger partial charge on any atom is 0.225 e. The summed E-state index contributed by atoms with van der Waals surface area (Å²) in [5, 5.41) is 3.02. The number of amides is 1. The van der Waals surface area contributed by atoms with Crippen LogP contribution in [0.3, 0.4) is 0 Å². The van der Waals surface area contributed by atoms with Crippen LogP contribution in [0.4, 0.5) is 11.5 Å². The van der Waals surface area contributed by atoms with E-state index in [0.717, 1.165) is 46.6 Å². The second-order valence-electron chi connectivity index (χ2n) is 8.45. The summed E-state index contributed by atoms with van der Waals surface area (Å²) in [6.07, 6.45) is 6.57. The molecular weight excluding hydrogens is 420 g/mol. The maximum atomic E-state index is 12.8. The van der Waals surface area contributed by atoms with E-state index in [1.807, 2.05) is 91.0 Å². The average Bonchev–Trinajstić information content (AvgIpc) is 2.87. The summed E-state index contributed by atoms with van der Waals surface area (Å²) in [6.45, 7) is 0. The van der Waals surface area contributed by atoms with Gasteiger partial charge in [0.05, 0.1) is 11.4 Å². The lowest BCUT2D eigenvalue weighted by Gasteiger charge is -2.20. The van der Waals surface area contributed by atoms with Gasteiger partial charge in [0.2, 0.25) is 5.91 Å². The number of nitrogen functional groups attached to an aromatic ring is 1. The molecule has 4 aromatic rings. The molecule has 168 valence electrons. The highest BCUT2D eigenvalue weighted by Crippen LogP contribution is 2.34. The number of anilines is 2. The van der Waals surface area contributed by atoms with E-state index in [0.29, 0.717) is 24.4 Å². The van der Waals surface area contributed by atoms with Crippen molar-refractivity contribution in [3.8, 4) is 11.3 Å². The number of fused-ring (bicyclic) bond motifs is 3. The van der Waals surface area contributed by atoms with Crippen LogP contribution in [0.15, 0.2) is 78.9 Å². The van der Waals surface area contributed by atoms with Gasteiger partial charge in [0.15, 0.2) is 5.82 Å². The van der Waals surface area contributed by atoms with Crippen LogP contribution in [0.1, 0.15) is 34.5 Å². The van der Waals surface area contributed by atoms with Crippen molar-refractivity contribution < 1.29 is 4.79 Å². The molecule has 34 heavy (non-hydrogen) atoms. The highest BCUT2D eigenvalue weighted by molar-refractivity contribution is 5.92. The lowest BCUT2D eigenvalue weighted by Crippen LogP contribution is -2.18. The van der Waals surface area contributed by atoms with E-state index in [2.05, 4.69) is 5.32 Å². The molecule has 0 unspecified atom stereocenters. The zero-order chi connectivity index (χ0) is 23.3. The Kier molecular flexibility index (Phi) is 6.17. The summed E-state index contributed by atoms with van der Waals surface area (Å²) < 4.78 is 0. The van der Waals surface area contributed by atoms with Gasteiger partial charge in [-0.25, -0.2) is 9.97 Å². The van der Waals surface area contributed by atoms with E-state index in [1.54, 1.807) is 0 Å². The van der Waals surface area contributed by atoms with Crippen molar-refractivity contribution in [1.29, 1.82) is 0 Å². The van der Waals surface area contributed by atoms with Gasteiger partial charge in [0.1, 0.15) is 5.69 Å². The Hall–Kier alpha value is -4.25. The quantitative estimate of drug-likeness (QED) is 0.380. The van der Waals surface area contributed by atoms with E-state index in [4.69, 9.17) is 15.7 Å². The second-order valence-corrected chi connectivity index (χ2v) is 8.45. The van der Waals surface area contributed by atoms with Crippen LogP contribution in [-0.2, 0) is 24.1 Å². The molecule has 5 heteroatoms. The molecule has 1 amide bonds. The van der Waals surface area contributed by atoms with E-state index in [-0.39, 0.29) is 5.91 Å². The number of nitrogens with one attached hydrogen (secondary N) is 1. The number of aryl methyl sites for hydroxylation is 3. The fourth-order valence-corrected chi connectivity index (χ4v) is 4.22. The molecule has 1 aliphatic rings. The molecule has 1 aliphatic carbocycles. The molecular formula is C29H26N4O. The third kappa shape index (κ3) is 4.89. The van der Waals surface area contributed by atoms with Crippen molar-refractivity contribution in [2.45, 2.75) is 25.7 Å². The fraction of sp³-hybridized carbons (Fsp3) is 0.138. The molecule has 0 fully saturated rings. The number of hydrogen-bond donors (Lipinski definition) is 2. The number of hydrogen-bond acceptors (Lipinski definition) is 4. The van der Waals surface area contributed by atoms with Gasteiger partial charge in [0, 0.05) is 17.7 Å². The SMILES string of the molecule is Nc1ccc2c(c1)CCc1nc(NC(=O)CCc3ccccc3)c(C=Cc3ccccc3)nc1-2. The lowest BCUT2D eigenvalue weighted by molar-refractivity contribution is -0.116. The van der Waals surface area contributed by atoms with Crippen molar-refractivity contribution in [1.82, 2.24) is 9.97 Å². The number of benzene rings is 3. The summed E-state index contributed by atoms with van der Waals surface area (Å²) in [4.78, 5) is 22.6. The molecule has 0 spiro atoms. The van der Waals surface area contributed by atoms with Gasteiger partial charge in [-0.3, -0.25) is 4.79 Å². The second kappa shape index (κ2) is 9.71. The Morgan fingerprint density at radius 2 is 1.68 bits per heavy atom. The zero-order valence-electron chi connectivity index (χ0n) is 18.9. The van der Waals surface area contributed by atoms with E-state index in [1.165, 1.54) is 5.56 Å². The molecule has 5 rings (SSSR count). The molecule has 0 bridgehead atoms. The van der Waals surface area contributed by atoms with Gasteiger partial charge >= 0.3 is 0 Å². The summed E-state index contributed by atoms with van der Waals surface area (Å²) in [5.74, 6) is 0.430. The highest BCUT2D eigenvalue weighted by atomic mass is 16.1. The average molecular weight is 447 g/mol. The van der Waals surface area contributed by atoms with E-state index >= 15 is 0 Å². The van der Waals surface area contributed by atoms with E-state index in [9.17, 15) is 4.79 Å². The fourth-order valence-electron chi connectivity index (χ4n) is 4.22. The van der Waals surface area contributed by atoms with Crippen molar-refractivity contribution in [3.05, 3.63) is 107 Å². The molecule has 1 heterocycles. The molecule has 3 aromatic carbocycles. The minimum atomic E-state index is -0.0727. The number of nitrogens with zero attached hydrogens (tertiary/aromatic N) is 2. The van der Waals surface area contributed by atoms with Gasteiger partial charge in [-0.2, -0.15) is 0 Å². The number of carbonyl (C=O) groups excluding carboxylic acids is 1. The smallest absolute Gasteiger partial charge is 0.225 e. The van der Waals surface area contributed by atoms with Gasteiger partial charge in [-0.1, -0.05) is 72.8 Å². The first-order valence-corrected chi connectivity index (χ1v) is 11.5. The molecule has 5 nitrogen and oxygen atoms in total. The van der Waals surface area contributed by atoms with Crippen molar-refractivity contribution >= 4 is 29.6 Å². The first-order valence-electron chi connectivity index (χ1n) is 11.5. The van der Waals surface area contributed by atoms with E-state index < -0.39 is 0 Å². The van der Waals surface area contributed by atoms with Gasteiger partial charge in [-0.15, -0.1) is 0 Å². The molecule has 0 radical (unpaired) electrons. The molecule has 0 saturated heterocycles. The summed E-state index contributed by atoms with van der Waals surface area (Å²) >= 11 is 0. The largest absolute Gasteiger partial charge is 0.399 e.